The molecule has 0 bridgehead atoms. The van der Waals surface area contributed by atoms with Gasteiger partial charge in [-0.05, 0) is 124 Å². The third-order valence-electron chi connectivity index (χ3n) is 18.7. The van der Waals surface area contributed by atoms with Crippen molar-refractivity contribution in [3.8, 4) is 0 Å². The summed E-state index contributed by atoms with van der Waals surface area (Å²) in [5, 5.41) is 132. The molecule has 7 fully saturated rings. The Morgan fingerprint density at radius 1 is 0.682 bits per heavy atom. The third kappa shape index (κ3) is 8.69. The average Bonchev–Trinajstić information content (AvgIpc) is 3.64. The minimum Gasteiger partial charge on any atom is -0.394 e. The molecule has 382 valence electrons. The van der Waals surface area contributed by atoms with Gasteiger partial charge in [0.1, 0.15) is 67.1 Å². The minimum atomic E-state index is -1.75. The highest BCUT2D eigenvalue weighted by molar-refractivity contribution is 5.22. The summed E-state index contributed by atoms with van der Waals surface area (Å²) in [6.07, 6.45) is -18.3. The molecule has 4 saturated carbocycles. The summed E-state index contributed by atoms with van der Waals surface area (Å²) in [5.74, 6) is -1.12. The molecular weight excluding hydrogens is 865 g/mol. The van der Waals surface area contributed by atoms with Crippen LogP contribution >= 0.6 is 0 Å². The standard InChI is InChI=1S/C48H82O18/c1-21(2)11-10-14-48(9,66-42-38(60)35(57)32(54)26(19-49)63-42)23-12-16-46(7)30(23)24(51)17-28-45(6)15-13-29(52)44(4,5)40(45)25(18-47(28,46)8)62-43-39(36(58)33(55)27(20-50)64-43)65-41-37(59)34(56)31(53)22(3)61-41/h11,22-43,49-60H,10,12-20H2,1-9H3/t22-,23+,24-,25+,26-,27-,28-,29+,30-,31-,32-,33-,34+,35+,36+,37+,38-,39-,40-,41-,42+,43-,45-,46-,47-,48+/m1/s1. The van der Waals surface area contributed by atoms with E-state index in [0.29, 0.717) is 51.4 Å². The maximum absolute atomic E-state index is 12.7. The Labute approximate surface area is 388 Å². The van der Waals surface area contributed by atoms with Crippen molar-refractivity contribution in [2.24, 2.45) is 45.3 Å². The summed E-state index contributed by atoms with van der Waals surface area (Å²) in [6.45, 7) is 16.8. The normalized spacial score (nSPS) is 53.5. The molecule has 18 heteroatoms. The SMILES string of the molecule is CC(C)=CCC[C@](C)(O[C@@H]1O[C@H](CO)[C@@H](O)[C@H](O)[C@H]1O)[C@H]1CC[C@]2(C)[C@H]1[C@H](O)C[C@@H]1[C@@]3(C)CC[C@H](O)C(C)(C)[C@H]3[C@@H](O[C@@H]3O[C@H](CO)[C@@H](O)[C@H](O)[C@H]3O[C@H]3O[C@H](C)[C@@H](O)[C@H](O)[C@@H]3O)C[C@]12C. The van der Waals surface area contributed by atoms with Crippen molar-refractivity contribution in [3.05, 3.63) is 11.6 Å². The lowest BCUT2D eigenvalue weighted by Crippen LogP contribution is -2.71. The maximum atomic E-state index is 12.7. The molecular formula is C48H82O18. The van der Waals surface area contributed by atoms with Crippen LogP contribution in [0.4, 0.5) is 0 Å². The Hall–Kier alpha value is -0.980. The van der Waals surface area contributed by atoms with Crippen molar-refractivity contribution in [1.29, 1.82) is 0 Å². The molecule has 0 radical (unpaired) electrons. The van der Waals surface area contributed by atoms with Crippen molar-refractivity contribution in [2.75, 3.05) is 13.2 Å². The van der Waals surface area contributed by atoms with Crippen molar-refractivity contribution >= 4 is 0 Å². The van der Waals surface area contributed by atoms with Gasteiger partial charge in [-0.3, -0.25) is 0 Å². The fraction of sp³-hybridized carbons (Fsp3) is 0.958. The summed E-state index contributed by atoms with van der Waals surface area (Å²) in [7, 11) is 0. The van der Waals surface area contributed by atoms with E-state index in [9.17, 15) is 61.3 Å². The lowest BCUT2D eigenvalue weighted by atomic mass is 9.34. The fourth-order valence-electron chi connectivity index (χ4n) is 14.9. The molecule has 0 aromatic carbocycles. The second-order valence-electron chi connectivity index (χ2n) is 23.0. The minimum absolute atomic E-state index is 0.0861. The molecule has 0 amide bonds. The third-order valence-corrected chi connectivity index (χ3v) is 18.7. The fourth-order valence-corrected chi connectivity index (χ4v) is 14.9. The van der Waals surface area contributed by atoms with Gasteiger partial charge in [0.15, 0.2) is 18.9 Å². The van der Waals surface area contributed by atoms with Crippen LogP contribution in [0.15, 0.2) is 11.6 Å². The van der Waals surface area contributed by atoms with E-state index in [4.69, 9.17) is 28.4 Å². The smallest absolute Gasteiger partial charge is 0.187 e. The van der Waals surface area contributed by atoms with Gasteiger partial charge >= 0.3 is 0 Å². The first-order valence-corrected chi connectivity index (χ1v) is 24.3. The highest BCUT2D eigenvalue weighted by Gasteiger charge is 2.74. The predicted molar refractivity (Wildman–Crippen MR) is 234 cm³/mol. The van der Waals surface area contributed by atoms with Crippen LogP contribution in [0.2, 0.25) is 0 Å². The Bertz CT molecular complexity index is 1700. The first-order valence-electron chi connectivity index (χ1n) is 24.3. The highest BCUT2D eigenvalue weighted by atomic mass is 16.8. The molecule has 3 heterocycles. The Balaban J connectivity index is 1.27. The topological polar surface area (TPSA) is 298 Å². The molecule has 7 aliphatic rings. The van der Waals surface area contributed by atoms with Gasteiger partial charge in [0.25, 0.3) is 0 Å². The van der Waals surface area contributed by atoms with Crippen LogP contribution in [-0.2, 0) is 28.4 Å². The largest absolute Gasteiger partial charge is 0.394 e. The van der Waals surface area contributed by atoms with Gasteiger partial charge in [0.05, 0.1) is 43.2 Å². The Morgan fingerprint density at radius 3 is 1.89 bits per heavy atom. The molecule has 3 saturated heterocycles. The molecule has 12 N–H and O–H groups in total. The second kappa shape index (κ2) is 19.2. The van der Waals surface area contributed by atoms with Gasteiger partial charge in [0.2, 0.25) is 0 Å². The van der Waals surface area contributed by atoms with Gasteiger partial charge in [-0.25, -0.2) is 0 Å². The van der Waals surface area contributed by atoms with E-state index in [1.807, 2.05) is 34.6 Å². The van der Waals surface area contributed by atoms with Gasteiger partial charge in [-0.15, -0.1) is 0 Å². The number of aliphatic hydroxyl groups excluding tert-OH is 12. The van der Waals surface area contributed by atoms with E-state index in [1.54, 1.807) is 0 Å². The van der Waals surface area contributed by atoms with Crippen molar-refractivity contribution < 1.29 is 89.7 Å². The molecule has 0 aromatic heterocycles. The van der Waals surface area contributed by atoms with Crippen LogP contribution < -0.4 is 0 Å². The zero-order valence-corrected chi connectivity index (χ0v) is 40.2. The van der Waals surface area contributed by atoms with Crippen LogP contribution in [0.25, 0.3) is 0 Å². The molecule has 26 atom stereocenters. The lowest BCUT2D eigenvalue weighted by Gasteiger charge is -2.72. The number of allylic oxidation sites excluding steroid dienone is 2. The quantitative estimate of drug-likeness (QED) is 0.0904. The molecule has 3 aliphatic heterocycles. The van der Waals surface area contributed by atoms with Crippen LogP contribution in [0.1, 0.15) is 114 Å². The summed E-state index contributed by atoms with van der Waals surface area (Å²) >= 11 is 0. The van der Waals surface area contributed by atoms with E-state index in [-0.39, 0.29) is 23.7 Å². The van der Waals surface area contributed by atoms with Crippen molar-refractivity contribution in [3.63, 3.8) is 0 Å². The average molecular weight is 947 g/mol. The van der Waals surface area contributed by atoms with Gasteiger partial charge in [-0.2, -0.15) is 0 Å². The molecule has 0 aromatic rings. The van der Waals surface area contributed by atoms with Gasteiger partial charge in [-0.1, -0.05) is 46.3 Å². The van der Waals surface area contributed by atoms with Crippen molar-refractivity contribution in [1.82, 2.24) is 0 Å². The lowest BCUT2D eigenvalue weighted by molar-refractivity contribution is -0.382. The number of fused-ring (bicyclic) bond motifs is 5. The van der Waals surface area contributed by atoms with E-state index in [1.165, 1.54) is 6.92 Å². The highest BCUT2D eigenvalue weighted by Crippen LogP contribution is 2.76. The first kappa shape index (κ1) is 52.8. The van der Waals surface area contributed by atoms with Gasteiger partial charge < -0.3 is 89.7 Å². The van der Waals surface area contributed by atoms with Crippen LogP contribution in [0.5, 0.6) is 0 Å². The number of hydrogen-bond acceptors (Lipinski definition) is 18. The molecule has 0 spiro atoms. The summed E-state index contributed by atoms with van der Waals surface area (Å²) in [5.41, 5.74) is -2.43. The summed E-state index contributed by atoms with van der Waals surface area (Å²) < 4.78 is 38.1. The Morgan fingerprint density at radius 2 is 1.27 bits per heavy atom. The molecule has 7 rings (SSSR count). The summed E-state index contributed by atoms with van der Waals surface area (Å²) in [6, 6.07) is 0. The number of ether oxygens (including phenoxy) is 6. The number of rotatable bonds is 12. The summed E-state index contributed by atoms with van der Waals surface area (Å²) in [4.78, 5) is 0. The zero-order chi connectivity index (χ0) is 48.8. The van der Waals surface area contributed by atoms with E-state index in [2.05, 4.69) is 26.8 Å². The van der Waals surface area contributed by atoms with Crippen molar-refractivity contribution in [2.45, 2.75) is 230 Å². The van der Waals surface area contributed by atoms with Crippen LogP contribution in [0, 0.1) is 45.3 Å². The molecule has 18 nitrogen and oxygen atoms in total. The predicted octanol–water partition coefficient (Wildman–Crippen LogP) is -0.0284. The second-order valence-corrected chi connectivity index (χ2v) is 23.0. The van der Waals surface area contributed by atoms with E-state index < -0.39 is 151 Å². The molecule has 4 aliphatic carbocycles. The number of hydrogen-bond donors (Lipinski definition) is 12. The maximum Gasteiger partial charge on any atom is 0.187 e. The van der Waals surface area contributed by atoms with Crippen LogP contribution in [0.3, 0.4) is 0 Å². The number of aliphatic hydroxyl groups is 12. The van der Waals surface area contributed by atoms with E-state index in [0.717, 1.165) is 5.57 Å². The van der Waals surface area contributed by atoms with Gasteiger partial charge in [0, 0.05) is 0 Å². The van der Waals surface area contributed by atoms with E-state index >= 15 is 0 Å². The zero-order valence-electron chi connectivity index (χ0n) is 40.2. The first-order chi connectivity index (χ1) is 30.7. The van der Waals surface area contributed by atoms with Crippen LogP contribution in [-0.4, -0.2) is 191 Å². The molecule has 66 heavy (non-hydrogen) atoms. The molecule has 0 unspecified atom stereocenters. The monoisotopic (exact) mass is 947 g/mol. The Kier molecular flexibility index (Phi) is 15.4.